The van der Waals surface area contributed by atoms with Crippen molar-refractivity contribution in [2.24, 2.45) is 0 Å². The van der Waals surface area contributed by atoms with Crippen LogP contribution in [0.3, 0.4) is 0 Å². The summed E-state index contributed by atoms with van der Waals surface area (Å²) < 4.78 is 2.31. The average Bonchev–Trinajstić information content (AvgIpc) is 3.03. The Labute approximate surface area is 157 Å². The van der Waals surface area contributed by atoms with Crippen molar-refractivity contribution in [2.75, 3.05) is 11.1 Å². The van der Waals surface area contributed by atoms with Crippen molar-refractivity contribution >= 4 is 38.9 Å². The van der Waals surface area contributed by atoms with E-state index >= 15 is 0 Å². The highest BCUT2D eigenvalue weighted by Gasteiger charge is 2.11. The Hall–Kier alpha value is -3.72. The van der Waals surface area contributed by atoms with Crippen LogP contribution in [0.2, 0.25) is 0 Å². The summed E-state index contributed by atoms with van der Waals surface area (Å²) in [5.41, 5.74) is 12.2. The number of nitrogens with zero attached hydrogens (tertiary/aromatic N) is 1. The van der Waals surface area contributed by atoms with Crippen molar-refractivity contribution in [3.8, 4) is 5.69 Å². The van der Waals surface area contributed by atoms with Gasteiger partial charge in [0.05, 0.1) is 11.0 Å². The topological polar surface area (TPSA) is 43.0 Å². The molecule has 0 amide bonds. The Bertz CT molecular complexity index is 1200. The molecule has 0 aliphatic rings. The van der Waals surface area contributed by atoms with Crippen LogP contribution in [-0.4, -0.2) is 4.57 Å². The van der Waals surface area contributed by atoms with Crippen LogP contribution in [-0.2, 0) is 0 Å². The fourth-order valence-electron chi connectivity index (χ4n) is 3.68. The minimum Gasteiger partial charge on any atom is -0.399 e. The number of nitrogens with two attached hydrogens (primary N) is 1. The molecule has 0 radical (unpaired) electrons. The van der Waals surface area contributed by atoms with Gasteiger partial charge in [0.25, 0.3) is 0 Å². The van der Waals surface area contributed by atoms with Crippen molar-refractivity contribution in [1.82, 2.24) is 4.57 Å². The Kier molecular flexibility index (Phi) is 3.58. The molecule has 0 fully saturated rings. The van der Waals surface area contributed by atoms with Crippen LogP contribution in [0.5, 0.6) is 0 Å². The van der Waals surface area contributed by atoms with Crippen molar-refractivity contribution in [3.63, 3.8) is 0 Å². The molecule has 4 aromatic carbocycles. The van der Waals surface area contributed by atoms with Crippen LogP contribution in [0.1, 0.15) is 0 Å². The number of rotatable bonds is 3. The quantitative estimate of drug-likeness (QED) is 0.386. The van der Waals surface area contributed by atoms with Gasteiger partial charge in [0.15, 0.2) is 0 Å². The third kappa shape index (κ3) is 2.70. The monoisotopic (exact) mass is 349 g/mol. The normalized spacial score (nSPS) is 11.1. The zero-order valence-corrected chi connectivity index (χ0v) is 14.8. The van der Waals surface area contributed by atoms with Gasteiger partial charge in [-0.1, -0.05) is 42.5 Å². The van der Waals surface area contributed by atoms with Crippen LogP contribution < -0.4 is 11.1 Å². The second kappa shape index (κ2) is 6.22. The van der Waals surface area contributed by atoms with Crippen molar-refractivity contribution < 1.29 is 0 Å². The molecule has 1 heterocycles. The van der Waals surface area contributed by atoms with Crippen molar-refractivity contribution in [2.45, 2.75) is 0 Å². The standard InChI is InChI=1S/C24H19N3/c25-17-6-5-7-19(16-17)26-18-12-14-20(15-13-18)27-23-10-3-1-8-21(23)22-9-2-4-11-24(22)27/h1-16,26H,25H2. The number of anilines is 3. The van der Waals surface area contributed by atoms with Gasteiger partial charge in [0.1, 0.15) is 0 Å². The van der Waals surface area contributed by atoms with E-state index in [0.717, 1.165) is 22.7 Å². The van der Waals surface area contributed by atoms with Gasteiger partial charge in [-0.05, 0) is 54.6 Å². The zero-order chi connectivity index (χ0) is 18.2. The van der Waals surface area contributed by atoms with Crippen LogP contribution in [0.4, 0.5) is 17.1 Å². The third-order valence-electron chi connectivity index (χ3n) is 4.88. The summed E-state index contributed by atoms with van der Waals surface area (Å²) in [4.78, 5) is 0. The summed E-state index contributed by atoms with van der Waals surface area (Å²) in [6, 6.07) is 33.4. The number of nitrogens with one attached hydrogen (secondary N) is 1. The SMILES string of the molecule is Nc1cccc(Nc2ccc(-n3c4ccccc4c4ccccc43)cc2)c1. The molecule has 0 atom stereocenters. The lowest BCUT2D eigenvalue weighted by Gasteiger charge is -2.11. The summed E-state index contributed by atoms with van der Waals surface area (Å²) in [5.74, 6) is 0. The molecule has 0 saturated heterocycles. The van der Waals surface area contributed by atoms with Crippen LogP contribution in [0, 0.1) is 0 Å². The lowest BCUT2D eigenvalue weighted by atomic mass is 10.2. The number of para-hydroxylation sites is 2. The fourth-order valence-corrected chi connectivity index (χ4v) is 3.68. The van der Waals surface area contributed by atoms with Gasteiger partial charge in [0.2, 0.25) is 0 Å². The zero-order valence-electron chi connectivity index (χ0n) is 14.8. The maximum absolute atomic E-state index is 5.86. The van der Waals surface area contributed by atoms with Gasteiger partial charge < -0.3 is 15.6 Å². The number of nitrogen functional groups attached to an aromatic ring is 1. The third-order valence-corrected chi connectivity index (χ3v) is 4.88. The maximum atomic E-state index is 5.86. The van der Waals surface area contributed by atoms with E-state index in [-0.39, 0.29) is 0 Å². The second-order valence-electron chi connectivity index (χ2n) is 6.67. The molecule has 0 saturated carbocycles. The van der Waals surface area contributed by atoms with Crippen LogP contribution in [0.15, 0.2) is 97.1 Å². The smallest absolute Gasteiger partial charge is 0.0541 e. The summed E-state index contributed by atoms with van der Waals surface area (Å²) in [6.07, 6.45) is 0. The van der Waals surface area contributed by atoms with Gasteiger partial charge >= 0.3 is 0 Å². The van der Waals surface area contributed by atoms with Gasteiger partial charge in [-0.3, -0.25) is 0 Å². The van der Waals surface area contributed by atoms with Crippen molar-refractivity contribution in [3.05, 3.63) is 97.1 Å². The molecular weight excluding hydrogens is 330 g/mol. The first-order valence-corrected chi connectivity index (χ1v) is 9.01. The Morgan fingerprint density at radius 1 is 0.593 bits per heavy atom. The summed E-state index contributed by atoms with van der Waals surface area (Å²) >= 11 is 0. The predicted octanol–water partition coefficient (Wildman–Crippen LogP) is 6.11. The number of aromatic nitrogens is 1. The minimum atomic E-state index is 0.752. The highest BCUT2D eigenvalue weighted by atomic mass is 15.0. The van der Waals surface area contributed by atoms with Gasteiger partial charge in [-0.15, -0.1) is 0 Å². The number of hydrogen-bond donors (Lipinski definition) is 2. The Balaban J connectivity index is 1.59. The largest absolute Gasteiger partial charge is 0.399 e. The first-order valence-electron chi connectivity index (χ1n) is 9.01. The first-order chi connectivity index (χ1) is 13.3. The second-order valence-corrected chi connectivity index (χ2v) is 6.67. The van der Waals surface area contributed by atoms with E-state index in [4.69, 9.17) is 5.73 Å². The van der Waals surface area contributed by atoms with E-state index in [1.165, 1.54) is 21.8 Å². The highest BCUT2D eigenvalue weighted by Crippen LogP contribution is 2.32. The molecule has 0 bridgehead atoms. The minimum absolute atomic E-state index is 0.752. The first kappa shape index (κ1) is 15.5. The fraction of sp³-hybridized carbons (Fsp3) is 0. The molecule has 1 aromatic heterocycles. The van der Waals surface area contributed by atoms with Gasteiger partial charge in [-0.25, -0.2) is 0 Å². The number of hydrogen-bond acceptors (Lipinski definition) is 2. The molecule has 3 N–H and O–H groups in total. The van der Waals surface area contributed by atoms with E-state index < -0.39 is 0 Å². The van der Waals surface area contributed by atoms with E-state index in [0.29, 0.717) is 0 Å². The molecule has 0 aliphatic heterocycles. The van der Waals surface area contributed by atoms with E-state index in [1.54, 1.807) is 0 Å². The predicted molar refractivity (Wildman–Crippen MR) is 115 cm³/mol. The molecule has 0 unspecified atom stereocenters. The molecule has 5 aromatic rings. The molecular formula is C24H19N3. The van der Waals surface area contributed by atoms with Gasteiger partial charge in [0, 0.05) is 33.5 Å². The van der Waals surface area contributed by atoms with Gasteiger partial charge in [-0.2, -0.15) is 0 Å². The lowest BCUT2D eigenvalue weighted by Crippen LogP contribution is -1.95. The average molecular weight is 349 g/mol. The van der Waals surface area contributed by atoms with E-state index in [1.807, 2.05) is 24.3 Å². The molecule has 5 rings (SSSR count). The summed E-state index contributed by atoms with van der Waals surface area (Å²) in [5, 5.41) is 5.95. The molecule has 3 heteroatoms. The molecule has 0 aliphatic carbocycles. The van der Waals surface area contributed by atoms with Crippen LogP contribution >= 0.6 is 0 Å². The Morgan fingerprint density at radius 3 is 1.85 bits per heavy atom. The maximum Gasteiger partial charge on any atom is 0.0541 e. The molecule has 130 valence electrons. The Morgan fingerprint density at radius 2 is 1.22 bits per heavy atom. The molecule has 0 spiro atoms. The highest BCUT2D eigenvalue weighted by molar-refractivity contribution is 6.09. The lowest BCUT2D eigenvalue weighted by molar-refractivity contribution is 1.18. The van der Waals surface area contributed by atoms with Crippen molar-refractivity contribution in [1.29, 1.82) is 0 Å². The summed E-state index contributed by atoms with van der Waals surface area (Å²) in [6.45, 7) is 0. The van der Waals surface area contributed by atoms with E-state index in [2.05, 4.69) is 82.7 Å². The summed E-state index contributed by atoms with van der Waals surface area (Å²) in [7, 11) is 0. The van der Waals surface area contributed by atoms with Crippen LogP contribution in [0.25, 0.3) is 27.5 Å². The molecule has 3 nitrogen and oxygen atoms in total. The molecule has 27 heavy (non-hydrogen) atoms. The number of fused-ring (bicyclic) bond motifs is 3. The van der Waals surface area contributed by atoms with E-state index in [9.17, 15) is 0 Å². The number of benzene rings is 4.